The molecule has 15 heavy (non-hydrogen) atoms. The Kier molecular flexibility index (Phi) is 4.11. The van der Waals surface area contributed by atoms with Crippen molar-refractivity contribution in [2.24, 2.45) is 5.92 Å². The molecule has 0 N–H and O–H groups in total. The lowest BCUT2D eigenvalue weighted by Crippen LogP contribution is -2.30. The van der Waals surface area contributed by atoms with Gasteiger partial charge in [-0.15, -0.1) is 11.3 Å². The third-order valence-electron chi connectivity index (χ3n) is 2.71. The van der Waals surface area contributed by atoms with E-state index in [1.807, 2.05) is 11.6 Å². The number of aromatic nitrogens is 1. The Labute approximate surface area is 95.1 Å². The number of rotatable bonds is 4. The van der Waals surface area contributed by atoms with E-state index < -0.39 is 0 Å². The van der Waals surface area contributed by atoms with Gasteiger partial charge in [0.25, 0.3) is 0 Å². The van der Waals surface area contributed by atoms with Crippen LogP contribution >= 0.6 is 11.3 Å². The van der Waals surface area contributed by atoms with Crippen LogP contribution < -0.4 is 0 Å². The first-order valence-corrected chi connectivity index (χ1v) is 6.37. The molecule has 1 unspecified atom stereocenters. The van der Waals surface area contributed by atoms with Crippen molar-refractivity contribution in [1.82, 2.24) is 9.88 Å². The van der Waals surface area contributed by atoms with Crippen molar-refractivity contribution in [1.29, 1.82) is 0 Å². The van der Waals surface area contributed by atoms with Gasteiger partial charge in [0.2, 0.25) is 0 Å². The van der Waals surface area contributed by atoms with Crippen molar-refractivity contribution in [3.05, 3.63) is 16.6 Å². The van der Waals surface area contributed by atoms with Crippen LogP contribution in [0.15, 0.2) is 11.6 Å². The number of nitrogens with zero attached hydrogens (tertiary/aromatic N) is 2. The van der Waals surface area contributed by atoms with Gasteiger partial charge >= 0.3 is 0 Å². The molecule has 0 bridgehead atoms. The molecule has 1 fully saturated rings. The largest absolute Gasteiger partial charge is 0.381 e. The smallest absolute Gasteiger partial charge is 0.107 e. The molecule has 84 valence electrons. The molecule has 0 amide bonds. The summed E-state index contributed by atoms with van der Waals surface area (Å²) in [5.74, 6) is 0.712. The quantitative estimate of drug-likeness (QED) is 0.785. The highest BCUT2D eigenvalue weighted by atomic mass is 32.1. The minimum absolute atomic E-state index is 0.712. The fourth-order valence-corrected chi connectivity index (χ4v) is 2.71. The van der Waals surface area contributed by atoms with Crippen LogP contribution in [0.5, 0.6) is 0 Å². The lowest BCUT2D eigenvalue weighted by atomic mass is 10.0. The van der Waals surface area contributed by atoms with Gasteiger partial charge in [0, 0.05) is 24.7 Å². The summed E-state index contributed by atoms with van der Waals surface area (Å²) in [7, 11) is 2.16. The average molecular weight is 226 g/mol. The predicted molar refractivity (Wildman–Crippen MR) is 62.0 cm³/mol. The zero-order valence-corrected chi connectivity index (χ0v) is 10.0. The van der Waals surface area contributed by atoms with Crippen LogP contribution in [0.1, 0.15) is 17.8 Å². The van der Waals surface area contributed by atoms with Gasteiger partial charge < -0.3 is 4.74 Å². The molecule has 3 nitrogen and oxygen atoms in total. The highest BCUT2D eigenvalue weighted by Crippen LogP contribution is 2.15. The van der Waals surface area contributed by atoms with Gasteiger partial charge in [-0.1, -0.05) is 0 Å². The SMILES string of the molecule is CN(Cc1nccs1)CC1CCCOC1. The summed E-state index contributed by atoms with van der Waals surface area (Å²) in [6.07, 6.45) is 4.40. The second kappa shape index (κ2) is 5.58. The summed E-state index contributed by atoms with van der Waals surface area (Å²) < 4.78 is 5.48. The van der Waals surface area contributed by atoms with Gasteiger partial charge in [-0.2, -0.15) is 0 Å². The summed E-state index contributed by atoms with van der Waals surface area (Å²) in [5, 5.41) is 3.24. The fraction of sp³-hybridized carbons (Fsp3) is 0.727. The van der Waals surface area contributed by atoms with Crippen molar-refractivity contribution in [2.45, 2.75) is 19.4 Å². The molecule has 0 aliphatic carbocycles. The summed E-state index contributed by atoms with van der Waals surface area (Å²) in [6.45, 7) is 3.97. The Morgan fingerprint density at radius 2 is 2.60 bits per heavy atom. The second-order valence-electron chi connectivity index (χ2n) is 4.21. The van der Waals surface area contributed by atoms with E-state index in [2.05, 4.69) is 16.9 Å². The molecule has 0 saturated carbocycles. The number of hydrogen-bond donors (Lipinski definition) is 0. The maximum atomic E-state index is 5.48. The van der Waals surface area contributed by atoms with Gasteiger partial charge in [-0.3, -0.25) is 4.90 Å². The fourth-order valence-electron chi connectivity index (χ4n) is 2.02. The van der Waals surface area contributed by atoms with E-state index in [1.165, 1.54) is 17.8 Å². The van der Waals surface area contributed by atoms with Crippen LogP contribution in [0.25, 0.3) is 0 Å². The van der Waals surface area contributed by atoms with Crippen molar-refractivity contribution < 1.29 is 4.74 Å². The Balaban J connectivity index is 1.74. The Morgan fingerprint density at radius 1 is 1.67 bits per heavy atom. The molecule has 1 saturated heterocycles. The van der Waals surface area contributed by atoms with Gasteiger partial charge in [-0.25, -0.2) is 4.98 Å². The van der Waals surface area contributed by atoms with Gasteiger partial charge in [0.05, 0.1) is 13.2 Å². The van der Waals surface area contributed by atoms with Crippen molar-refractivity contribution in [2.75, 3.05) is 26.8 Å². The van der Waals surface area contributed by atoms with E-state index in [-0.39, 0.29) is 0 Å². The molecular formula is C11H18N2OS. The molecule has 1 atom stereocenters. The molecular weight excluding hydrogens is 208 g/mol. The predicted octanol–water partition coefficient (Wildman–Crippen LogP) is 2.00. The second-order valence-corrected chi connectivity index (χ2v) is 5.18. The lowest BCUT2D eigenvalue weighted by molar-refractivity contribution is 0.0411. The van der Waals surface area contributed by atoms with E-state index in [0.717, 1.165) is 26.3 Å². The molecule has 0 aromatic carbocycles. The number of hydrogen-bond acceptors (Lipinski definition) is 4. The minimum Gasteiger partial charge on any atom is -0.381 e. The normalized spacial score (nSPS) is 22.1. The van der Waals surface area contributed by atoms with Crippen LogP contribution in [0, 0.1) is 5.92 Å². The summed E-state index contributed by atoms with van der Waals surface area (Å²) >= 11 is 1.73. The van der Waals surface area contributed by atoms with Crippen LogP contribution in [0.3, 0.4) is 0 Å². The molecule has 4 heteroatoms. The maximum Gasteiger partial charge on any atom is 0.107 e. The standard InChI is InChI=1S/C11H18N2OS/c1-13(8-11-12-4-6-15-11)7-10-3-2-5-14-9-10/h4,6,10H,2-3,5,7-9H2,1H3. The number of thiazole rings is 1. The van der Waals surface area contributed by atoms with Crippen LogP contribution in [0.2, 0.25) is 0 Å². The molecule has 1 aliphatic rings. The monoisotopic (exact) mass is 226 g/mol. The first kappa shape index (κ1) is 11.0. The summed E-state index contributed by atoms with van der Waals surface area (Å²) in [6, 6.07) is 0. The molecule has 1 aromatic heterocycles. The van der Waals surface area contributed by atoms with Gasteiger partial charge in [0.15, 0.2) is 0 Å². The molecule has 1 aromatic rings. The van der Waals surface area contributed by atoms with Crippen molar-refractivity contribution in [3.63, 3.8) is 0 Å². The molecule has 2 rings (SSSR count). The van der Waals surface area contributed by atoms with E-state index in [1.54, 1.807) is 11.3 Å². The van der Waals surface area contributed by atoms with Crippen LogP contribution in [0.4, 0.5) is 0 Å². The zero-order valence-electron chi connectivity index (χ0n) is 9.19. The van der Waals surface area contributed by atoms with E-state index in [9.17, 15) is 0 Å². The van der Waals surface area contributed by atoms with Crippen molar-refractivity contribution in [3.8, 4) is 0 Å². The topological polar surface area (TPSA) is 25.4 Å². The molecule has 0 spiro atoms. The summed E-state index contributed by atoms with van der Waals surface area (Å²) in [5.41, 5.74) is 0. The van der Waals surface area contributed by atoms with Crippen molar-refractivity contribution >= 4 is 11.3 Å². The number of ether oxygens (including phenoxy) is 1. The van der Waals surface area contributed by atoms with Crippen LogP contribution in [-0.2, 0) is 11.3 Å². The minimum atomic E-state index is 0.712. The van der Waals surface area contributed by atoms with Gasteiger partial charge in [0.1, 0.15) is 5.01 Å². The molecule has 2 heterocycles. The summed E-state index contributed by atoms with van der Waals surface area (Å²) in [4.78, 5) is 6.64. The van der Waals surface area contributed by atoms with E-state index >= 15 is 0 Å². The van der Waals surface area contributed by atoms with E-state index in [0.29, 0.717) is 5.92 Å². The maximum absolute atomic E-state index is 5.48. The Bertz CT molecular complexity index is 270. The molecule has 1 aliphatic heterocycles. The van der Waals surface area contributed by atoms with Gasteiger partial charge in [-0.05, 0) is 25.8 Å². The highest BCUT2D eigenvalue weighted by molar-refractivity contribution is 7.09. The average Bonchev–Trinajstić information content (AvgIpc) is 2.71. The lowest BCUT2D eigenvalue weighted by Gasteiger charge is -2.26. The first-order chi connectivity index (χ1) is 7.34. The molecule has 0 radical (unpaired) electrons. The van der Waals surface area contributed by atoms with E-state index in [4.69, 9.17) is 4.74 Å². The Morgan fingerprint density at radius 3 is 3.27 bits per heavy atom. The third kappa shape index (κ3) is 3.55. The third-order valence-corrected chi connectivity index (χ3v) is 3.48. The highest BCUT2D eigenvalue weighted by Gasteiger charge is 2.16. The first-order valence-electron chi connectivity index (χ1n) is 5.49. The Hall–Kier alpha value is -0.450. The zero-order chi connectivity index (χ0) is 10.5. The van der Waals surface area contributed by atoms with Crippen LogP contribution in [-0.4, -0.2) is 36.7 Å².